The molecule has 0 aromatic heterocycles. The molecule has 32 heavy (non-hydrogen) atoms. The van der Waals surface area contributed by atoms with Crippen molar-refractivity contribution in [3.63, 3.8) is 0 Å². The Morgan fingerprint density at radius 3 is 2.25 bits per heavy atom. The van der Waals surface area contributed by atoms with Crippen molar-refractivity contribution in [2.24, 2.45) is 5.10 Å². The zero-order valence-electron chi connectivity index (χ0n) is 17.9. The third-order valence-corrected chi connectivity index (χ3v) is 5.15. The van der Waals surface area contributed by atoms with Gasteiger partial charge in [-0.2, -0.15) is 5.10 Å². The number of nitrogens with zero attached hydrogens (tertiary/aromatic N) is 1. The number of aryl methyl sites for hydroxylation is 2. The number of anilines is 1. The van der Waals surface area contributed by atoms with Gasteiger partial charge in [-0.1, -0.05) is 47.5 Å². The van der Waals surface area contributed by atoms with E-state index in [0.717, 1.165) is 21.2 Å². The molecule has 0 aliphatic rings. The van der Waals surface area contributed by atoms with Crippen LogP contribution in [0.25, 0.3) is 0 Å². The molecule has 0 unspecified atom stereocenters. The van der Waals surface area contributed by atoms with E-state index in [1.807, 2.05) is 68.4 Å². The van der Waals surface area contributed by atoms with E-state index in [9.17, 15) is 9.59 Å². The lowest BCUT2D eigenvalue weighted by molar-refractivity contribution is -0.126. The third-order valence-electron chi connectivity index (χ3n) is 4.53. The van der Waals surface area contributed by atoms with Crippen molar-refractivity contribution in [3.05, 3.63) is 93.5 Å². The molecule has 0 aliphatic heterocycles. The zero-order chi connectivity index (χ0) is 22.9. The molecule has 3 rings (SSSR count). The summed E-state index contributed by atoms with van der Waals surface area (Å²) in [6.45, 7) is 4.47. The molecule has 0 heterocycles. The number of halogens is 1. The van der Waals surface area contributed by atoms with Crippen LogP contribution in [0.15, 0.2) is 76.3 Å². The van der Waals surface area contributed by atoms with Crippen LogP contribution in [0.4, 0.5) is 5.69 Å². The highest BCUT2D eigenvalue weighted by Crippen LogP contribution is 2.26. The Morgan fingerprint density at radius 1 is 0.938 bits per heavy atom. The summed E-state index contributed by atoms with van der Waals surface area (Å²) < 4.78 is 6.63. The van der Waals surface area contributed by atoms with Gasteiger partial charge in [0.15, 0.2) is 0 Å². The lowest BCUT2D eigenvalue weighted by Crippen LogP contribution is -2.24. The van der Waals surface area contributed by atoms with Gasteiger partial charge < -0.3 is 10.1 Å². The van der Waals surface area contributed by atoms with Gasteiger partial charge in [0, 0.05) is 5.69 Å². The first-order valence-electron chi connectivity index (χ1n) is 10.1. The van der Waals surface area contributed by atoms with Crippen LogP contribution < -0.4 is 15.5 Å². The van der Waals surface area contributed by atoms with Crippen LogP contribution >= 0.6 is 15.9 Å². The van der Waals surface area contributed by atoms with E-state index < -0.39 is 11.8 Å². The highest BCUT2D eigenvalue weighted by Gasteiger charge is 2.09. The van der Waals surface area contributed by atoms with Crippen molar-refractivity contribution >= 4 is 39.6 Å². The van der Waals surface area contributed by atoms with Gasteiger partial charge in [0.1, 0.15) is 18.8 Å². The van der Waals surface area contributed by atoms with Crippen molar-refractivity contribution in [1.29, 1.82) is 0 Å². The van der Waals surface area contributed by atoms with E-state index in [0.29, 0.717) is 18.0 Å². The minimum absolute atomic E-state index is 0.319. The quantitative estimate of drug-likeness (QED) is 0.259. The first-order valence-corrected chi connectivity index (χ1v) is 10.8. The van der Waals surface area contributed by atoms with Crippen LogP contribution in [0.1, 0.15) is 28.7 Å². The molecule has 7 heteroatoms. The molecule has 2 N–H and O–H groups in total. The highest BCUT2D eigenvalue weighted by molar-refractivity contribution is 9.10. The predicted molar refractivity (Wildman–Crippen MR) is 130 cm³/mol. The Bertz CT molecular complexity index is 1110. The molecule has 0 spiro atoms. The largest absolute Gasteiger partial charge is 0.488 e. The molecular formula is C25H24BrN3O3. The highest BCUT2D eigenvalue weighted by atomic mass is 79.9. The second-order valence-corrected chi connectivity index (χ2v) is 8.20. The molecule has 2 amide bonds. The molecule has 0 saturated heterocycles. The smallest absolute Gasteiger partial charge is 0.249 e. The maximum atomic E-state index is 12.0. The minimum atomic E-state index is -0.497. The molecule has 0 aliphatic carbocycles. The summed E-state index contributed by atoms with van der Waals surface area (Å²) in [6.07, 6.45) is 1.19. The maximum Gasteiger partial charge on any atom is 0.249 e. The number of hydrogen-bond acceptors (Lipinski definition) is 4. The topological polar surface area (TPSA) is 79.8 Å². The fourth-order valence-electron chi connectivity index (χ4n) is 2.77. The van der Waals surface area contributed by atoms with Crippen LogP contribution in [0.3, 0.4) is 0 Å². The number of hydrazone groups is 1. The number of amides is 2. The number of benzene rings is 3. The fraction of sp³-hybridized carbons (Fsp3) is 0.160. The first-order chi connectivity index (χ1) is 15.4. The van der Waals surface area contributed by atoms with Crippen LogP contribution in [0.5, 0.6) is 5.75 Å². The van der Waals surface area contributed by atoms with Gasteiger partial charge in [0.05, 0.1) is 10.7 Å². The molecular weight excluding hydrogens is 470 g/mol. The SMILES string of the molecule is Cc1ccc(COc2ccc(C=NNC(=O)CC(=O)Nc3ccc(C)cc3)cc2Br)cc1. The van der Waals surface area contributed by atoms with Gasteiger partial charge in [-0.05, 0) is 71.2 Å². The molecule has 0 radical (unpaired) electrons. The second-order valence-electron chi connectivity index (χ2n) is 7.35. The van der Waals surface area contributed by atoms with E-state index in [1.165, 1.54) is 11.8 Å². The molecule has 0 atom stereocenters. The molecule has 0 bridgehead atoms. The average molecular weight is 494 g/mol. The molecule has 0 fully saturated rings. The summed E-state index contributed by atoms with van der Waals surface area (Å²) in [7, 11) is 0. The Balaban J connectivity index is 1.46. The minimum Gasteiger partial charge on any atom is -0.488 e. The van der Waals surface area contributed by atoms with Gasteiger partial charge in [-0.3, -0.25) is 9.59 Å². The van der Waals surface area contributed by atoms with Gasteiger partial charge in [-0.15, -0.1) is 0 Å². The average Bonchev–Trinajstić information content (AvgIpc) is 2.76. The number of hydrogen-bond donors (Lipinski definition) is 2. The summed E-state index contributed by atoms with van der Waals surface area (Å²) in [4.78, 5) is 23.9. The lowest BCUT2D eigenvalue weighted by atomic mass is 10.2. The van der Waals surface area contributed by atoms with Gasteiger partial charge in [-0.25, -0.2) is 5.43 Å². The first kappa shape index (κ1) is 23.2. The number of carbonyl (C=O) groups is 2. The monoisotopic (exact) mass is 493 g/mol. The van der Waals surface area contributed by atoms with Gasteiger partial charge in [0.25, 0.3) is 0 Å². The Hall–Kier alpha value is -3.45. The van der Waals surface area contributed by atoms with Crippen molar-refractivity contribution < 1.29 is 14.3 Å². The summed E-state index contributed by atoms with van der Waals surface area (Å²) in [6, 6.07) is 21.0. The van der Waals surface area contributed by atoms with E-state index in [2.05, 4.69) is 31.8 Å². The lowest BCUT2D eigenvalue weighted by Gasteiger charge is -2.09. The summed E-state index contributed by atoms with van der Waals surface area (Å²) in [5.41, 5.74) is 7.16. The molecule has 3 aromatic carbocycles. The van der Waals surface area contributed by atoms with Gasteiger partial charge >= 0.3 is 0 Å². The fourth-order valence-corrected chi connectivity index (χ4v) is 3.28. The normalized spacial score (nSPS) is 10.7. The summed E-state index contributed by atoms with van der Waals surface area (Å²) in [5.74, 6) is -0.193. The van der Waals surface area contributed by atoms with E-state index in [-0.39, 0.29) is 6.42 Å². The van der Waals surface area contributed by atoms with Crippen molar-refractivity contribution in [2.75, 3.05) is 5.32 Å². The van der Waals surface area contributed by atoms with Gasteiger partial charge in [0.2, 0.25) is 11.8 Å². The zero-order valence-corrected chi connectivity index (χ0v) is 19.5. The van der Waals surface area contributed by atoms with Crippen LogP contribution in [0, 0.1) is 13.8 Å². The van der Waals surface area contributed by atoms with Crippen molar-refractivity contribution in [3.8, 4) is 5.75 Å². The van der Waals surface area contributed by atoms with Crippen molar-refractivity contribution in [1.82, 2.24) is 5.43 Å². The van der Waals surface area contributed by atoms with Crippen LogP contribution in [-0.2, 0) is 16.2 Å². The third kappa shape index (κ3) is 7.35. The maximum absolute atomic E-state index is 12.0. The van der Waals surface area contributed by atoms with E-state index >= 15 is 0 Å². The molecule has 0 saturated carbocycles. The number of carbonyl (C=O) groups excluding carboxylic acids is 2. The number of rotatable bonds is 8. The van der Waals surface area contributed by atoms with Crippen LogP contribution in [0.2, 0.25) is 0 Å². The molecule has 6 nitrogen and oxygen atoms in total. The number of ether oxygens (including phenoxy) is 1. The molecule has 164 valence electrons. The predicted octanol–water partition coefficient (Wildman–Crippen LogP) is 5.12. The molecule has 3 aromatic rings. The van der Waals surface area contributed by atoms with E-state index in [1.54, 1.807) is 12.1 Å². The van der Waals surface area contributed by atoms with E-state index in [4.69, 9.17) is 4.74 Å². The Kier molecular flexibility index (Phi) is 8.16. The van der Waals surface area contributed by atoms with Crippen molar-refractivity contribution in [2.45, 2.75) is 26.9 Å². The Labute approximate surface area is 195 Å². The summed E-state index contributed by atoms with van der Waals surface area (Å²) in [5, 5.41) is 6.60. The van der Waals surface area contributed by atoms with Crippen LogP contribution in [-0.4, -0.2) is 18.0 Å². The Morgan fingerprint density at radius 2 is 1.59 bits per heavy atom. The summed E-state index contributed by atoms with van der Waals surface area (Å²) >= 11 is 3.49. The second kappa shape index (κ2) is 11.2. The number of nitrogens with one attached hydrogen (secondary N) is 2. The standard InChI is InChI=1S/C25H24BrN3O3/c1-17-3-7-19(8-4-17)16-32-23-12-9-20(13-22(23)26)15-27-29-25(31)14-24(30)28-21-10-5-18(2)6-11-21/h3-13,15H,14,16H2,1-2H3,(H,28,30)(H,29,31).